The maximum atomic E-state index is 16.1. The molecule has 0 saturated heterocycles. The topological polar surface area (TPSA) is 81.4 Å². The molecule has 0 saturated carbocycles. The molecule has 0 N–H and O–H groups in total. The van der Waals surface area contributed by atoms with E-state index < -0.39 is 36.5 Å². The Balaban J connectivity index is 1.78. The number of carbonyl (C=O) groups is 1. The molecular weight excluding hydrogens is 554 g/mol. The number of halogens is 3. The Morgan fingerprint density at radius 1 is 1.20 bits per heavy atom. The van der Waals surface area contributed by atoms with Crippen LogP contribution < -0.4 is 9.47 Å². The lowest BCUT2D eigenvalue weighted by Gasteiger charge is -2.36. The van der Waals surface area contributed by atoms with E-state index in [9.17, 15) is 10.1 Å². The number of fused-ring (bicyclic) bond motifs is 1. The molecule has 40 heavy (non-hydrogen) atoms. The third-order valence-corrected chi connectivity index (χ3v) is 12.8. The Kier molecular flexibility index (Phi) is 8.10. The summed E-state index contributed by atoms with van der Waals surface area (Å²) in [6.07, 6.45) is 1.80. The normalized spacial score (nSPS) is 18.6. The van der Waals surface area contributed by atoms with E-state index in [0.717, 1.165) is 12.3 Å². The number of benzene rings is 2. The predicted molar refractivity (Wildman–Crippen MR) is 151 cm³/mol. The van der Waals surface area contributed by atoms with Gasteiger partial charge in [-0.3, -0.25) is 4.79 Å². The van der Waals surface area contributed by atoms with Gasteiger partial charge >= 0.3 is 0 Å². The third kappa shape index (κ3) is 5.00. The Morgan fingerprint density at radius 2 is 1.88 bits per heavy atom. The van der Waals surface area contributed by atoms with E-state index in [0.29, 0.717) is 17.4 Å². The fourth-order valence-electron chi connectivity index (χ4n) is 4.61. The van der Waals surface area contributed by atoms with E-state index >= 15 is 8.78 Å². The summed E-state index contributed by atoms with van der Waals surface area (Å²) in [7, 11) is -2.05. The van der Waals surface area contributed by atoms with Crippen LogP contribution in [0.15, 0.2) is 42.6 Å². The van der Waals surface area contributed by atoms with Crippen LogP contribution in [0.2, 0.25) is 23.2 Å². The standard InChI is InChI=1S/C30H31ClF2N2O4Si/c1-18-23-22(39-30(18,17-36)20-10-8-7-9-11-20)14-21(32)26(31)25(23)24-19(15-34)16-35-28(27(24)33)37-12-13-38-40(5,6)29(2,3)4/h7-11,14,16-18H,12-13H2,1-6H3/t18-,30-/m0/s1. The molecule has 0 fully saturated rings. The minimum atomic E-state index is -2.05. The molecule has 0 unspecified atom stereocenters. The van der Waals surface area contributed by atoms with Crippen LogP contribution >= 0.6 is 11.6 Å². The van der Waals surface area contributed by atoms with Crippen molar-refractivity contribution in [3.05, 3.63) is 75.9 Å². The molecule has 0 spiro atoms. The number of aldehydes is 1. The average Bonchev–Trinajstić information content (AvgIpc) is 3.20. The van der Waals surface area contributed by atoms with Crippen LogP contribution in [0, 0.1) is 23.0 Å². The van der Waals surface area contributed by atoms with Crippen LogP contribution in [0.5, 0.6) is 11.6 Å². The van der Waals surface area contributed by atoms with Gasteiger partial charge in [0.25, 0.3) is 5.88 Å². The molecule has 210 valence electrons. The number of aromatic nitrogens is 1. The van der Waals surface area contributed by atoms with E-state index in [-0.39, 0.29) is 46.6 Å². The molecule has 1 aliphatic rings. The van der Waals surface area contributed by atoms with Crippen LogP contribution in [0.25, 0.3) is 11.1 Å². The number of carbonyl (C=O) groups excluding carboxylic acids is 1. The van der Waals surface area contributed by atoms with E-state index in [2.05, 4.69) is 38.8 Å². The molecule has 3 aromatic rings. The molecule has 6 nitrogen and oxygen atoms in total. The zero-order valence-electron chi connectivity index (χ0n) is 23.3. The van der Waals surface area contributed by atoms with Crippen molar-refractivity contribution in [1.82, 2.24) is 4.98 Å². The van der Waals surface area contributed by atoms with Crippen LogP contribution in [0.4, 0.5) is 8.78 Å². The number of rotatable bonds is 8. The Hall–Kier alpha value is -3.32. The van der Waals surface area contributed by atoms with Gasteiger partial charge in [0.15, 0.2) is 26.0 Å². The summed E-state index contributed by atoms with van der Waals surface area (Å²) in [5.41, 5.74) is -1.19. The summed E-state index contributed by atoms with van der Waals surface area (Å²) in [6.45, 7) is 12.5. The van der Waals surface area contributed by atoms with Crippen molar-refractivity contribution in [3.8, 4) is 28.8 Å². The third-order valence-electron chi connectivity index (χ3n) is 7.93. The predicted octanol–water partition coefficient (Wildman–Crippen LogP) is 7.54. The second-order valence-corrected chi connectivity index (χ2v) is 16.5. The largest absolute Gasteiger partial charge is 0.474 e. The first kappa shape index (κ1) is 29.7. The van der Waals surface area contributed by atoms with Crippen LogP contribution in [-0.4, -0.2) is 32.8 Å². The SMILES string of the molecule is C[C@H]1c2c(cc(F)c(Cl)c2-c2c(C#N)cnc(OCCO[Si](C)(C)C(C)(C)C)c2F)O[C@]1(C=O)c1ccccc1. The van der Waals surface area contributed by atoms with Crippen molar-refractivity contribution in [3.63, 3.8) is 0 Å². The zero-order chi connectivity index (χ0) is 29.5. The van der Waals surface area contributed by atoms with Gasteiger partial charge in [0.2, 0.25) is 0 Å². The molecule has 4 rings (SSSR count). The van der Waals surface area contributed by atoms with E-state index in [1.165, 1.54) is 0 Å². The van der Waals surface area contributed by atoms with Gasteiger partial charge in [-0.05, 0) is 18.1 Å². The number of pyridine rings is 1. The van der Waals surface area contributed by atoms with Gasteiger partial charge < -0.3 is 13.9 Å². The summed E-state index contributed by atoms with van der Waals surface area (Å²) in [6, 6.07) is 11.7. The molecule has 0 amide bonds. The van der Waals surface area contributed by atoms with Crippen molar-refractivity contribution < 1.29 is 27.5 Å². The first-order chi connectivity index (χ1) is 18.8. The summed E-state index contributed by atoms with van der Waals surface area (Å²) in [5.74, 6) is -2.92. The summed E-state index contributed by atoms with van der Waals surface area (Å²) in [4.78, 5) is 16.5. The highest BCUT2D eigenvalue weighted by Gasteiger charge is 2.50. The Labute approximate surface area is 239 Å². The minimum Gasteiger partial charge on any atom is -0.474 e. The van der Waals surface area contributed by atoms with Crippen LogP contribution in [0.3, 0.4) is 0 Å². The lowest BCUT2D eigenvalue weighted by molar-refractivity contribution is -0.122. The number of ether oxygens (including phenoxy) is 2. The van der Waals surface area contributed by atoms with Gasteiger partial charge in [-0.2, -0.15) is 5.26 Å². The molecule has 2 aromatic carbocycles. The molecule has 0 bridgehead atoms. The lowest BCUT2D eigenvalue weighted by atomic mass is 9.78. The second kappa shape index (κ2) is 10.9. The highest BCUT2D eigenvalue weighted by molar-refractivity contribution is 6.74. The number of nitrogens with zero attached hydrogens (tertiary/aromatic N) is 2. The van der Waals surface area contributed by atoms with Gasteiger partial charge in [-0.25, -0.2) is 13.8 Å². The smallest absolute Gasteiger partial charge is 0.251 e. The molecule has 2 heterocycles. The number of hydrogen-bond donors (Lipinski definition) is 0. The number of hydrogen-bond acceptors (Lipinski definition) is 6. The highest BCUT2D eigenvalue weighted by atomic mass is 35.5. The lowest BCUT2D eigenvalue weighted by Crippen LogP contribution is -2.41. The molecular formula is C30H31ClF2N2O4Si. The first-order valence-corrected chi connectivity index (χ1v) is 16.2. The van der Waals surface area contributed by atoms with E-state index in [1.807, 2.05) is 6.07 Å². The van der Waals surface area contributed by atoms with Gasteiger partial charge in [0.05, 0.1) is 17.2 Å². The van der Waals surface area contributed by atoms with E-state index in [1.54, 1.807) is 37.3 Å². The van der Waals surface area contributed by atoms with Gasteiger partial charge in [0, 0.05) is 40.4 Å². The molecule has 1 aromatic heterocycles. The monoisotopic (exact) mass is 584 g/mol. The fourth-order valence-corrected chi connectivity index (χ4v) is 5.89. The Morgan fingerprint density at radius 3 is 2.48 bits per heavy atom. The molecule has 0 radical (unpaired) electrons. The van der Waals surface area contributed by atoms with Crippen molar-refractivity contribution in [2.24, 2.45) is 0 Å². The summed E-state index contributed by atoms with van der Waals surface area (Å²) >= 11 is 6.46. The minimum absolute atomic E-state index is 0.0120. The van der Waals surface area contributed by atoms with Crippen LogP contribution in [-0.2, 0) is 14.8 Å². The van der Waals surface area contributed by atoms with Crippen molar-refractivity contribution in [2.75, 3.05) is 13.2 Å². The quantitative estimate of drug-likeness (QED) is 0.154. The van der Waals surface area contributed by atoms with Gasteiger partial charge in [-0.1, -0.05) is 69.6 Å². The molecule has 0 aliphatic carbocycles. The summed E-state index contributed by atoms with van der Waals surface area (Å²) < 4.78 is 49.1. The average molecular weight is 585 g/mol. The van der Waals surface area contributed by atoms with Crippen molar-refractivity contribution in [2.45, 2.75) is 57.3 Å². The highest BCUT2D eigenvalue weighted by Crippen LogP contribution is 2.55. The molecule has 10 heteroatoms. The molecule has 2 atom stereocenters. The van der Waals surface area contributed by atoms with Crippen molar-refractivity contribution >= 4 is 26.2 Å². The molecule has 1 aliphatic heterocycles. The van der Waals surface area contributed by atoms with Gasteiger partial charge in [0.1, 0.15) is 24.2 Å². The van der Waals surface area contributed by atoms with Gasteiger partial charge in [-0.15, -0.1) is 0 Å². The number of nitriles is 1. The maximum Gasteiger partial charge on any atom is 0.251 e. The van der Waals surface area contributed by atoms with Crippen LogP contribution in [0.1, 0.15) is 50.3 Å². The van der Waals surface area contributed by atoms with Crippen molar-refractivity contribution in [1.29, 1.82) is 5.26 Å². The zero-order valence-corrected chi connectivity index (χ0v) is 25.0. The fraction of sp³-hybridized carbons (Fsp3) is 0.367. The Bertz CT molecular complexity index is 1490. The second-order valence-electron chi connectivity index (χ2n) is 11.3. The van der Waals surface area contributed by atoms with E-state index in [4.69, 9.17) is 25.5 Å². The first-order valence-electron chi connectivity index (χ1n) is 12.9. The maximum absolute atomic E-state index is 16.1. The summed E-state index contributed by atoms with van der Waals surface area (Å²) in [5, 5.41) is 9.42.